The molecule has 0 bridgehead atoms. The van der Waals surface area contributed by atoms with E-state index in [2.05, 4.69) is 10.6 Å². The quantitative estimate of drug-likeness (QED) is 0.802. The lowest BCUT2D eigenvalue weighted by Gasteiger charge is -2.23. The second kappa shape index (κ2) is 4.57. The van der Waals surface area contributed by atoms with Crippen molar-refractivity contribution in [2.45, 2.75) is 31.8 Å². The van der Waals surface area contributed by atoms with Crippen LogP contribution in [0.2, 0.25) is 0 Å². The Morgan fingerprint density at radius 2 is 2.32 bits per heavy atom. The van der Waals surface area contributed by atoms with Gasteiger partial charge < -0.3 is 15.5 Å². The van der Waals surface area contributed by atoms with E-state index in [1.54, 1.807) is 4.90 Å². The molecule has 2 N–H and O–H groups in total. The van der Waals surface area contributed by atoms with Crippen LogP contribution in [0.5, 0.6) is 0 Å². The van der Waals surface area contributed by atoms with E-state index < -0.39 is 0 Å². The number of anilines is 1. The minimum absolute atomic E-state index is 0.0114. The highest BCUT2D eigenvalue weighted by Gasteiger charge is 2.43. The Hall–Kier alpha value is -2.04. The van der Waals surface area contributed by atoms with Gasteiger partial charge in [0.15, 0.2) is 0 Å². The van der Waals surface area contributed by atoms with Gasteiger partial charge in [0.05, 0.1) is 12.1 Å². The number of urea groups is 1. The molecule has 1 aromatic carbocycles. The number of carbonyl (C=O) groups is 2. The Bertz CT molecular complexity index is 529. The highest BCUT2D eigenvalue weighted by molar-refractivity contribution is 5.91. The molecule has 0 aromatic heterocycles. The molecule has 2 aliphatic heterocycles. The van der Waals surface area contributed by atoms with Crippen LogP contribution in [0.25, 0.3) is 0 Å². The zero-order valence-electron chi connectivity index (χ0n) is 10.8. The highest BCUT2D eigenvalue weighted by Crippen LogP contribution is 2.26. The lowest BCUT2D eigenvalue weighted by Crippen LogP contribution is -2.41. The molecule has 2 saturated heterocycles. The van der Waals surface area contributed by atoms with E-state index in [0.29, 0.717) is 13.0 Å². The number of benzene rings is 1. The maximum atomic E-state index is 12.3. The standard InChI is InChI=1S/C14H17N3O2/c1-9-3-2-4-10(7-9)15-14(19)17-6-5-11-12(17)8-13(18)16-11/h2-4,7,11-12H,5-6,8H2,1H3,(H,15,19)(H,16,18)/t11-,12+/m1/s1. The molecular weight excluding hydrogens is 242 g/mol. The third-order valence-corrected chi connectivity index (χ3v) is 3.82. The summed E-state index contributed by atoms with van der Waals surface area (Å²) in [6.07, 6.45) is 1.27. The second-order valence-electron chi connectivity index (χ2n) is 5.23. The summed E-state index contributed by atoms with van der Waals surface area (Å²) in [5.74, 6) is 0.0445. The van der Waals surface area contributed by atoms with Gasteiger partial charge in [0.2, 0.25) is 5.91 Å². The molecule has 2 aliphatic rings. The molecule has 100 valence electrons. The van der Waals surface area contributed by atoms with Crippen LogP contribution in [-0.2, 0) is 4.79 Å². The van der Waals surface area contributed by atoms with Gasteiger partial charge in [0, 0.05) is 18.7 Å². The minimum Gasteiger partial charge on any atom is -0.351 e. The first-order chi connectivity index (χ1) is 9.13. The summed E-state index contributed by atoms with van der Waals surface area (Å²) >= 11 is 0. The summed E-state index contributed by atoms with van der Waals surface area (Å²) in [6.45, 7) is 2.69. The number of hydrogen-bond acceptors (Lipinski definition) is 2. The van der Waals surface area contributed by atoms with Crippen molar-refractivity contribution in [3.05, 3.63) is 29.8 Å². The fourth-order valence-corrected chi connectivity index (χ4v) is 2.90. The van der Waals surface area contributed by atoms with Crippen molar-refractivity contribution in [1.82, 2.24) is 10.2 Å². The zero-order valence-corrected chi connectivity index (χ0v) is 10.8. The number of carbonyl (C=O) groups excluding carboxylic acids is 2. The van der Waals surface area contributed by atoms with E-state index in [1.165, 1.54) is 0 Å². The van der Waals surface area contributed by atoms with E-state index in [9.17, 15) is 9.59 Å². The lowest BCUT2D eigenvalue weighted by molar-refractivity contribution is -0.119. The summed E-state index contributed by atoms with van der Waals surface area (Å²) in [5.41, 5.74) is 1.90. The smallest absolute Gasteiger partial charge is 0.322 e. The molecule has 5 nitrogen and oxygen atoms in total. The number of likely N-dealkylation sites (tertiary alicyclic amines) is 1. The second-order valence-corrected chi connectivity index (χ2v) is 5.23. The van der Waals surface area contributed by atoms with Gasteiger partial charge in [-0.15, -0.1) is 0 Å². The van der Waals surface area contributed by atoms with Gasteiger partial charge >= 0.3 is 6.03 Å². The van der Waals surface area contributed by atoms with Gasteiger partial charge in [0.25, 0.3) is 0 Å². The van der Waals surface area contributed by atoms with E-state index in [4.69, 9.17) is 0 Å². The van der Waals surface area contributed by atoms with Crippen LogP contribution in [0, 0.1) is 6.92 Å². The third-order valence-electron chi connectivity index (χ3n) is 3.82. The van der Waals surface area contributed by atoms with Crippen molar-refractivity contribution >= 4 is 17.6 Å². The molecule has 3 rings (SSSR count). The van der Waals surface area contributed by atoms with Crippen LogP contribution in [0.4, 0.5) is 10.5 Å². The monoisotopic (exact) mass is 259 g/mol. The molecule has 0 unspecified atom stereocenters. The number of amides is 3. The van der Waals surface area contributed by atoms with Crippen molar-refractivity contribution in [2.75, 3.05) is 11.9 Å². The molecule has 0 aliphatic carbocycles. The highest BCUT2D eigenvalue weighted by atomic mass is 16.2. The summed E-state index contributed by atoms with van der Waals surface area (Å²) in [7, 11) is 0. The molecule has 3 amide bonds. The Morgan fingerprint density at radius 1 is 1.47 bits per heavy atom. The van der Waals surface area contributed by atoms with Crippen LogP contribution in [0.3, 0.4) is 0 Å². The number of hydrogen-bond donors (Lipinski definition) is 2. The minimum atomic E-state index is -0.116. The van der Waals surface area contributed by atoms with Gasteiger partial charge in [-0.05, 0) is 31.0 Å². The van der Waals surface area contributed by atoms with Crippen LogP contribution in [-0.4, -0.2) is 35.5 Å². The average Bonchev–Trinajstić information content (AvgIpc) is 2.87. The number of nitrogens with one attached hydrogen (secondary N) is 2. The Labute approximate surface area is 112 Å². The van der Waals surface area contributed by atoms with Crippen LogP contribution in [0.15, 0.2) is 24.3 Å². The molecule has 2 fully saturated rings. The van der Waals surface area contributed by atoms with Crippen molar-refractivity contribution in [1.29, 1.82) is 0 Å². The van der Waals surface area contributed by atoms with Gasteiger partial charge in [-0.3, -0.25) is 4.79 Å². The van der Waals surface area contributed by atoms with Crippen molar-refractivity contribution < 1.29 is 9.59 Å². The fourth-order valence-electron chi connectivity index (χ4n) is 2.90. The van der Waals surface area contributed by atoms with E-state index in [0.717, 1.165) is 17.7 Å². The molecule has 19 heavy (non-hydrogen) atoms. The molecule has 2 heterocycles. The van der Waals surface area contributed by atoms with Gasteiger partial charge in [-0.25, -0.2) is 4.79 Å². The van der Waals surface area contributed by atoms with Gasteiger partial charge in [-0.1, -0.05) is 12.1 Å². The zero-order chi connectivity index (χ0) is 13.4. The summed E-state index contributed by atoms with van der Waals surface area (Å²) < 4.78 is 0. The Morgan fingerprint density at radius 3 is 3.11 bits per heavy atom. The van der Waals surface area contributed by atoms with E-state index in [-0.39, 0.29) is 24.0 Å². The Balaban J connectivity index is 1.69. The normalized spacial score (nSPS) is 25.1. The maximum absolute atomic E-state index is 12.3. The van der Waals surface area contributed by atoms with Crippen LogP contribution >= 0.6 is 0 Å². The number of rotatable bonds is 1. The molecule has 0 saturated carbocycles. The summed E-state index contributed by atoms with van der Waals surface area (Å²) in [4.78, 5) is 25.4. The molecule has 2 atom stereocenters. The van der Waals surface area contributed by atoms with E-state index >= 15 is 0 Å². The third kappa shape index (κ3) is 2.28. The van der Waals surface area contributed by atoms with Gasteiger partial charge in [-0.2, -0.15) is 0 Å². The Kier molecular flexibility index (Phi) is 2.89. The SMILES string of the molecule is Cc1cccc(NC(=O)N2CC[C@H]3NC(=O)C[C@@H]32)c1. The molecule has 0 radical (unpaired) electrons. The van der Waals surface area contributed by atoms with Crippen LogP contribution in [0.1, 0.15) is 18.4 Å². The topological polar surface area (TPSA) is 61.4 Å². The first kappa shape index (κ1) is 12.0. The molecule has 5 heteroatoms. The van der Waals surface area contributed by atoms with Gasteiger partial charge in [0.1, 0.15) is 0 Å². The molecular formula is C14H17N3O2. The first-order valence-corrected chi connectivity index (χ1v) is 6.57. The van der Waals surface area contributed by atoms with Crippen LogP contribution < -0.4 is 10.6 Å². The predicted molar refractivity (Wildman–Crippen MR) is 71.9 cm³/mol. The van der Waals surface area contributed by atoms with Crippen molar-refractivity contribution in [3.8, 4) is 0 Å². The maximum Gasteiger partial charge on any atom is 0.322 e. The fraction of sp³-hybridized carbons (Fsp3) is 0.429. The summed E-state index contributed by atoms with van der Waals surface area (Å²) in [5, 5.41) is 5.81. The van der Waals surface area contributed by atoms with E-state index in [1.807, 2.05) is 31.2 Å². The number of aryl methyl sites for hydroxylation is 1. The van der Waals surface area contributed by atoms with Crippen molar-refractivity contribution in [2.24, 2.45) is 0 Å². The first-order valence-electron chi connectivity index (χ1n) is 6.57. The predicted octanol–water partition coefficient (Wildman–Crippen LogP) is 1.49. The number of nitrogens with zero attached hydrogens (tertiary/aromatic N) is 1. The number of fused-ring (bicyclic) bond motifs is 1. The average molecular weight is 259 g/mol. The van der Waals surface area contributed by atoms with Crippen molar-refractivity contribution in [3.63, 3.8) is 0 Å². The lowest BCUT2D eigenvalue weighted by atomic mass is 10.1. The molecule has 1 aromatic rings. The largest absolute Gasteiger partial charge is 0.351 e. The summed E-state index contributed by atoms with van der Waals surface area (Å²) in [6, 6.07) is 7.74. The molecule has 0 spiro atoms.